The van der Waals surface area contributed by atoms with Gasteiger partial charge < -0.3 is 5.73 Å². The molecule has 0 saturated heterocycles. The van der Waals surface area contributed by atoms with Crippen molar-refractivity contribution >= 4 is 0 Å². The van der Waals surface area contributed by atoms with Crippen molar-refractivity contribution in [2.45, 2.75) is 53.5 Å². The molecule has 0 aliphatic rings. The molecule has 2 nitrogen and oxygen atoms in total. The third-order valence-corrected chi connectivity index (χ3v) is 3.02. The highest BCUT2D eigenvalue weighted by molar-refractivity contribution is 4.88. The van der Waals surface area contributed by atoms with Gasteiger partial charge in [-0.25, -0.2) is 0 Å². The highest BCUT2D eigenvalue weighted by Crippen LogP contribution is 2.23. The summed E-state index contributed by atoms with van der Waals surface area (Å²) in [5, 5.41) is 0. The van der Waals surface area contributed by atoms with Crippen LogP contribution in [0.4, 0.5) is 0 Å². The molecule has 0 bridgehead atoms. The van der Waals surface area contributed by atoms with Crippen molar-refractivity contribution in [1.82, 2.24) is 4.90 Å². The SMILES string of the molecule is CCN(CC(C)C)C(C)(CN)CC(C)C. The minimum absolute atomic E-state index is 0.174. The Bertz CT molecular complexity index is 166. The molecule has 15 heavy (non-hydrogen) atoms. The predicted molar refractivity (Wildman–Crippen MR) is 69.0 cm³/mol. The molecule has 0 fully saturated rings. The zero-order valence-corrected chi connectivity index (χ0v) is 11.5. The van der Waals surface area contributed by atoms with Crippen LogP contribution in [0.2, 0.25) is 0 Å². The Hall–Kier alpha value is -0.0800. The molecule has 92 valence electrons. The third kappa shape index (κ3) is 4.98. The predicted octanol–water partition coefficient (Wildman–Crippen LogP) is 2.73. The van der Waals surface area contributed by atoms with Crippen LogP contribution in [-0.4, -0.2) is 30.1 Å². The first-order valence-electron chi connectivity index (χ1n) is 6.30. The average Bonchev–Trinajstić information content (AvgIpc) is 2.12. The topological polar surface area (TPSA) is 29.3 Å². The van der Waals surface area contributed by atoms with E-state index in [-0.39, 0.29) is 5.54 Å². The Labute approximate surface area is 96.2 Å². The van der Waals surface area contributed by atoms with E-state index in [1.165, 1.54) is 6.42 Å². The summed E-state index contributed by atoms with van der Waals surface area (Å²) in [4.78, 5) is 2.54. The van der Waals surface area contributed by atoms with Gasteiger partial charge in [-0.3, -0.25) is 4.90 Å². The molecule has 0 saturated carbocycles. The van der Waals surface area contributed by atoms with Crippen LogP contribution in [0, 0.1) is 11.8 Å². The first-order chi connectivity index (χ1) is 6.85. The maximum Gasteiger partial charge on any atom is 0.0306 e. The van der Waals surface area contributed by atoms with Crippen molar-refractivity contribution in [3.8, 4) is 0 Å². The van der Waals surface area contributed by atoms with Gasteiger partial charge in [-0.05, 0) is 31.7 Å². The fraction of sp³-hybridized carbons (Fsp3) is 1.00. The molecule has 0 spiro atoms. The van der Waals surface area contributed by atoms with Gasteiger partial charge in [0.15, 0.2) is 0 Å². The van der Waals surface area contributed by atoms with E-state index < -0.39 is 0 Å². The summed E-state index contributed by atoms with van der Waals surface area (Å²) in [6, 6.07) is 0. The van der Waals surface area contributed by atoms with Gasteiger partial charge in [0.1, 0.15) is 0 Å². The summed E-state index contributed by atoms with van der Waals surface area (Å²) < 4.78 is 0. The van der Waals surface area contributed by atoms with Crippen LogP contribution >= 0.6 is 0 Å². The number of nitrogens with zero attached hydrogens (tertiary/aromatic N) is 1. The lowest BCUT2D eigenvalue weighted by molar-refractivity contribution is 0.0821. The quantitative estimate of drug-likeness (QED) is 0.706. The second-order valence-electron chi connectivity index (χ2n) is 5.73. The van der Waals surface area contributed by atoms with Gasteiger partial charge in [0.25, 0.3) is 0 Å². The standard InChI is InChI=1S/C13H30N2/c1-7-15(9-12(4)5)13(6,10-14)8-11(2)3/h11-12H,7-10,14H2,1-6H3. The van der Waals surface area contributed by atoms with Gasteiger partial charge in [-0.1, -0.05) is 34.6 Å². The lowest BCUT2D eigenvalue weighted by Crippen LogP contribution is -2.53. The van der Waals surface area contributed by atoms with E-state index in [0.717, 1.165) is 19.6 Å². The smallest absolute Gasteiger partial charge is 0.0306 e. The lowest BCUT2D eigenvalue weighted by atomic mass is 9.88. The molecule has 0 heterocycles. The molecular formula is C13H30N2. The van der Waals surface area contributed by atoms with Crippen LogP contribution in [0.25, 0.3) is 0 Å². The summed E-state index contributed by atoms with van der Waals surface area (Å²) >= 11 is 0. The van der Waals surface area contributed by atoms with Crippen molar-refractivity contribution in [3.63, 3.8) is 0 Å². The molecule has 0 amide bonds. The number of nitrogens with two attached hydrogens (primary N) is 1. The molecule has 0 aromatic heterocycles. The summed E-state index contributed by atoms with van der Waals surface area (Å²) in [5.41, 5.74) is 6.14. The molecule has 0 aromatic carbocycles. The zero-order chi connectivity index (χ0) is 12.1. The van der Waals surface area contributed by atoms with E-state index in [1.54, 1.807) is 0 Å². The molecule has 0 rings (SSSR count). The number of rotatable bonds is 7. The van der Waals surface area contributed by atoms with Crippen molar-refractivity contribution in [2.24, 2.45) is 17.6 Å². The minimum atomic E-state index is 0.174. The minimum Gasteiger partial charge on any atom is -0.329 e. The van der Waals surface area contributed by atoms with Crippen molar-refractivity contribution in [1.29, 1.82) is 0 Å². The van der Waals surface area contributed by atoms with Gasteiger partial charge in [0.05, 0.1) is 0 Å². The zero-order valence-electron chi connectivity index (χ0n) is 11.5. The lowest BCUT2D eigenvalue weighted by Gasteiger charge is -2.42. The first-order valence-corrected chi connectivity index (χ1v) is 6.30. The second-order valence-corrected chi connectivity index (χ2v) is 5.73. The second kappa shape index (κ2) is 6.49. The van der Waals surface area contributed by atoms with Crippen molar-refractivity contribution < 1.29 is 0 Å². The molecule has 2 heteroatoms. The monoisotopic (exact) mass is 214 g/mol. The van der Waals surface area contributed by atoms with Crippen molar-refractivity contribution in [2.75, 3.05) is 19.6 Å². The normalized spacial score (nSPS) is 16.4. The van der Waals surface area contributed by atoms with Gasteiger partial charge in [0.2, 0.25) is 0 Å². The van der Waals surface area contributed by atoms with Crippen LogP contribution in [0.5, 0.6) is 0 Å². The Kier molecular flexibility index (Phi) is 6.46. The third-order valence-electron chi connectivity index (χ3n) is 3.02. The van der Waals surface area contributed by atoms with E-state index in [1.807, 2.05) is 0 Å². The van der Waals surface area contributed by atoms with Crippen LogP contribution in [0.3, 0.4) is 0 Å². The Morgan fingerprint density at radius 3 is 1.93 bits per heavy atom. The Morgan fingerprint density at radius 2 is 1.67 bits per heavy atom. The highest BCUT2D eigenvalue weighted by Gasteiger charge is 2.30. The Balaban J connectivity index is 4.56. The number of hydrogen-bond acceptors (Lipinski definition) is 2. The summed E-state index contributed by atoms with van der Waals surface area (Å²) in [5.74, 6) is 1.42. The largest absolute Gasteiger partial charge is 0.329 e. The highest BCUT2D eigenvalue weighted by atomic mass is 15.2. The van der Waals surface area contributed by atoms with Gasteiger partial charge in [-0.2, -0.15) is 0 Å². The first kappa shape index (κ1) is 14.9. The van der Waals surface area contributed by atoms with E-state index in [9.17, 15) is 0 Å². The maximum atomic E-state index is 5.97. The molecule has 0 aliphatic carbocycles. The molecule has 1 unspecified atom stereocenters. The molecule has 2 N–H and O–H groups in total. The summed E-state index contributed by atoms with van der Waals surface area (Å²) in [6.45, 7) is 16.6. The van der Waals surface area contributed by atoms with Crippen LogP contribution in [0.15, 0.2) is 0 Å². The van der Waals surface area contributed by atoms with E-state index >= 15 is 0 Å². The van der Waals surface area contributed by atoms with Crippen LogP contribution < -0.4 is 5.73 Å². The van der Waals surface area contributed by atoms with Crippen LogP contribution in [-0.2, 0) is 0 Å². The average molecular weight is 214 g/mol. The van der Waals surface area contributed by atoms with Gasteiger partial charge >= 0.3 is 0 Å². The van der Waals surface area contributed by atoms with Crippen LogP contribution in [0.1, 0.15) is 48.0 Å². The van der Waals surface area contributed by atoms with E-state index in [0.29, 0.717) is 11.8 Å². The molecule has 0 aliphatic heterocycles. The van der Waals surface area contributed by atoms with E-state index in [2.05, 4.69) is 46.4 Å². The summed E-state index contributed by atoms with van der Waals surface area (Å²) in [7, 11) is 0. The molecular weight excluding hydrogens is 184 g/mol. The maximum absolute atomic E-state index is 5.97. The number of hydrogen-bond donors (Lipinski definition) is 1. The molecule has 1 atom stereocenters. The fourth-order valence-corrected chi connectivity index (χ4v) is 2.39. The molecule has 0 radical (unpaired) electrons. The summed E-state index contributed by atoms with van der Waals surface area (Å²) in [6.07, 6.45) is 1.18. The molecule has 0 aromatic rings. The van der Waals surface area contributed by atoms with E-state index in [4.69, 9.17) is 5.73 Å². The van der Waals surface area contributed by atoms with Crippen molar-refractivity contribution in [3.05, 3.63) is 0 Å². The Morgan fingerprint density at radius 1 is 1.13 bits per heavy atom. The fourth-order valence-electron chi connectivity index (χ4n) is 2.39. The van der Waals surface area contributed by atoms with Gasteiger partial charge in [-0.15, -0.1) is 0 Å². The number of likely N-dealkylation sites (N-methyl/N-ethyl adjacent to an activating group) is 1. The van der Waals surface area contributed by atoms with Gasteiger partial charge in [0, 0.05) is 18.6 Å².